The third kappa shape index (κ3) is 2.57. The number of carbonyl (C=O) groups excluding carboxylic acids is 1. The quantitative estimate of drug-likeness (QED) is 0.765. The van der Waals surface area contributed by atoms with Crippen molar-refractivity contribution in [3.05, 3.63) is 35.9 Å². The number of hydrogen-bond donors (Lipinski definition) is 2. The van der Waals surface area contributed by atoms with Gasteiger partial charge in [-0.2, -0.15) is 0 Å². The number of primary amides is 1. The first kappa shape index (κ1) is 11.7. The highest BCUT2D eigenvalue weighted by Gasteiger charge is 2.31. The van der Waals surface area contributed by atoms with Crippen molar-refractivity contribution in [2.75, 3.05) is 6.54 Å². The minimum atomic E-state index is -0.767. The Labute approximate surface area is 90.7 Å². The van der Waals surface area contributed by atoms with Crippen molar-refractivity contribution >= 4 is 5.91 Å². The van der Waals surface area contributed by atoms with Crippen molar-refractivity contribution < 1.29 is 4.79 Å². The van der Waals surface area contributed by atoms with Gasteiger partial charge in [-0.05, 0) is 25.5 Å². The maximum absolute atomic E-state index is 11.5. The summed E-state index contributed by atoms with van der Waals surface area (Å²) in [7, 11) is 0. The Bertz CT molecular complexity index is 324. The van der Waals surface area contributed by atoms with Gasteiger partial charge in [0.15, 0.2) is 0 Å². The Morgan fingerprint density at radius 3 is 2.47 bits per heavy atom. The van der Waals surface area contributed by atoms with Gasteiger partial charge in [0.1, 0.15) is 5.54 Å². The summed E-state index contributed by atoms with van der Waals surface area (Å²) in [6, 6.07) is 9.56. The molecule has 3 heteroatoms. The van der Waals surface area contributed by atoms with Crippen LogP contribution in [0.2, 0.25) is 0 Å². The fraction of sp³-hybridized carbons (Fsp3) is 0.417. The molecule has 0 bridgehead atoms. The molecule has 0 aliphatic heterocycles. The van der Waals surface area contributed by atoms with Crippen molar-refractivity contribution in [3.8, 4) is 0 Å². The van der Waals surface area contributed by atoms with E-state index in [1.54, 1.807) is 0 Å². The van der Waals surface area contributed by atoms with Gasteiger partial charge in [-0.15, -0.1) is 0 Å². The van der Waals surface area contributed by atoms with Crippen LogP contribution < -0.4 is 11.1 Å². The van der Waals surface area contributed by atoms with Crippen LogP contribution >= 0.6 is 0 Å². The molecular weight excluding hydrogens is 188 g/mol. The van der Waals surface area contributed by atoms with Crippen LogP contribution in [0, 0.1) is 0 Å². The number of nitrogens with two attached hydrogens (primary N) is 1. The van der Waals surface area contributed by atoms with E-state index in [1.165, 1.54) is 0 Å². The minimum absolute atomic E-state index is 0.345. The largest absolute Gasteiger partial charge is 0.368 e. The van der Waals surface area contributed by atoms with Crippen molar-refractivity contribution in [2.45, 2.75) is 25.8 Å². The molecule has 0 heterocycles. The molecule has 1 rings (SSSR count). The van der Waals surface area contributed by atoms with Crippen molar-refractivity contribution in [1.29, 1.82) is 0 Å². The Kier molecular flexibility index (Phi) is 3.86. The highest BCUT2D eigenvalue weighted by molar-refractivity contribution is 5.85. The molecule has 1 unspecified atom stereocenters. The average Bonchev–Trinajstić information content (AvgIpc) is 2.27. The molecule has 0 aromatic heterocycles. The van der Waals surface area contributed by atoms with E-state index in [9.17, 15) is 4.79 Å². The maximum atomic E-state index is 11.5. The average molecular weight is 206 g/mol. The second-order valence-corrected chi connectivity index (χ2v) is 3.78. The van der Waals surface area contributed by atoms with E-state index < -0.39 is 5.54 Å². The lowest BCUT2D eigenvalue weighted by Gasteiger charge is -2.27. The van der Waals surface area contributed by atoms with Crippen LogP contribution in [-0.2, 0) is 10.3 Å². The Balaban J connectivity index is 2.96. The molecule has 0 saturated heterocycles. The van der Waals surface area contributed by atoms with E-state index in [2.05, 4.69) is 12.2 Å². The van der Waals surface area contributed by atoms with Crippen LogP contribution in [0.25, 0.3) is 0 Å². The number of rotatable bonds is 5. The molecule has 0 spiro atoms. The number of amides is 1. The number of hydrogen-bond acceptors (Lipinski definition) is 2. The summed E-state index contributed by atoms with van der Waals surface area (Å²) in [5.41, 5.74) is 5.58. The summed E-state index contributed by atoms with van der Waals surface area (Å²) in [4.78, 5) is 11.5. The molecule has 0 aliphatic carbocycles. The van der Waals surface area contributed by atoms with Crippen LogP contribution in [0.1, 0.15) is 25.8 Å². The van der Waals surface area contributed by atoms with E-state index in [1.807, 2.05) is 37.3 Å². The molecule has 82 valence electrons. The van der Waals surface area contributed by atoms with Crippen LogP contribution in [-0.4, -0.2) is 12.5 Å². The molecule has 0 saturated carbocycles. The lowest BCUT2D eigenvalue weighted by atomic mass is 9.91. The monoisotopic (exact) mass is 206 g/mol. The second-order valence-electron chi connectivity index (χ2n) is 3.78. The van der Waals surface area contributed by atoms with E-state index in [-0.39, 0.29) is 5.91 Å². The predicted molar refractivity (Wildman–Crippen MR) is 61.3 cm³/mol. The summed E-state index contributed by atoms with van der Waals surface area (Å²) < 4.78 is 0. The Morgan fingerprint density at radius 2 is 2.00 bits per heavy atom. The summed E-state index contributed by atoms with van der Waals surface area (Å²) >= 11 is 0. The predicted octanol–water partition coefficient (Wildman–Crippen LogP) is 1.39. The zero-order valence-electron chi connectivity index (χ0n) is 9.29. The first-order valence-corrected chi connectivity index (χ1v) is 5.21. The molecule has 1 atom stereocenters. The number of nitrogens with one attached hydrogen (secondary N) is 1. The normalized spacial score (nSPS) is 14.5. The van der Waals surface area contributed by atoms with Crippen LogP contribution in [0.5, 0.6) is 0 Å². The van der Waals surface area contributed by atoms with E-state index in [4.69, 9.17) is 5.73 Å². The fourth-order valence-electron chi connectivity index (χ4n) is 1.48. The molecule has 3 N–H and O–H groups in total. The summed E-state index contributed by atoms with van der Waals surface area (Å²) in [5, 5.41) is 3.19. The molecule has 1 aromatic rings. The van der Waals surface area contributed by atoms with Gasteiger partial charge >= 0.3 is 0 Å². The van der Waals surface area contributed by atoms with E-state index in [0.717, 1.165) is 18.5 Å². The first-order chi connectivity index (χ1) is 7.11. The minimum Gasteiger partial charge on any atom is -0.368 e. The molecule has 0 aliphatic rings. The summed E-state index contributed by atoms with van der Waals surface area (Å²) in [6.07, 6.45) is 0.968. The lowest BCUT2D eigenvalue weighted by molar-refractivity contribution is -0.124. The molecule has 0 radical (unpaired) electrons. The fourth-order valence-corrected chi connectivity index (χ4v) is 1.48. The molecule has 3 nitrogen and oxygen atoms in total. The van der Waals surface area contributed by atoms with E-state index in [0.29, 0.717) is 0 Å². The van der Waals surface area contributed by atoms with Gasteiger partial charge in [0.2, 0.25) is 5.91 Å². The molecule has 0 fully saturated rings. The Morgan fingerprint density at radius 1 is 1.40 bits per heavy atom. The maximum Gasteiger partial charge on any atom is 0.242 e. The smallest absolute Gasteiger partial charge is 0.242 e. The molecular formula is C12H18N2O. The van der Waals surface area contributed by atoms with E-state index >= 15 is 0 Å². The van der Waals surface area contributed by atoms with Crippen LogP contribution in [0.3, 0.4) is 0 Å². The zero-order chi connectivity index (χ0) is 11.3. The van der Waals surface area contributed by atoms with Crippen molar-refractivity contribution in [3.63, 3.8) is 0 Å². The number of benzene rings is 1. The first-order valence-electron chi connectivity index (χ1n) is 5.21. The third-order valence-electron chi connectivity index (χ3n) is 2.57. The SMILES string of the molecule is CCCNC(C)(C(N)=O)c1ccccc1. The zero-order valence-corrected chi connectivity index (χ0v) is 9.29. The highest BCUT2D eigenvalue weighted by atomic mass is 16.1. The third-order valence-corrected chi connectivity index (χ3v) is 2.57. The van der Waals surface area contributed by atoms with Crippen LogP contribution in [0.4, 0.5) is 0 Å². The summed E-state index contributed by atoms with van der Waals surface area (Å²) in [6.45, 7) is 4.65. The van der Waals surface area contributed by atoms with Crippen molar-refractivity contribution in [2.24, 2.45) is 5.73 Å². The standard InChI is InChI=1S/C12H18N2O/c1-3-9-14-12(2,11(13)15)10-7-5-4-6-8-10/h4-8,14H,3,9H2,1-2H3,(H2,13,15). The van der Waals surface area contributed by atoms with Gasteiger partial charge in [-0.3, -0.25) is 10.1 Å². The highest BCUT2D eigenvalue weighted by Crippen LogP contribution is 2.19. The second kappa shape index (κ2) is 4.94. The molecule has 15 heavy (non-hydrogen) atoms. The Hall–Kier alpha value is -1.35. The van der Waals surface area contributed by atoms with Gasteiger partial charge in [0.05, 0.1) is 0 Å². The van der Waals surface area contributed by atoms with Crippen LogP contribution in [0.15, 0.2) is 30.3 Å². The molecule has 1 aromatic carbocycles. The molecule has 1 amide bonds. The lowest BCUT2D eigenvalue weighted by Crippen LogP contribution is -2.50. The van der Waals surface area contributed by atoms with Gasteiger partial charge in [-0.25, -0.2) is 0 Å². The summed E-state index contributed by atoms with van der Waals surface area (Å²) in [5.74, 6) is -0.345. The topological polar surface area (TPSA) is 55.1 Å². The van der Waals surface area contributed by atoms with Gasteiger partial charge < -0.3 is 5.73 Å². The van der Waals surface area contributed by atoms with Gasteiger partial charge in [0.25, 0.3) is 0 Å². The number of carbonyl (C=O) groups is 1. The van der Waals surface area contributed by atoms with Gasteiger partial charge in [-0.1, -0.05) is 37.3 Å². The van der Waals surface area contributed by atoms with Gasteiger partial charge in [0, 0.05) is 0 Å². The van der Waals surface area contributed by atoms with Crippen molar-refractivity contribution in [1.82, 2.24) is 5.32 Å².